The summed E-state index contributed by atoms with van der Waals surface area (Å²) in [4.78, 5) is 7.13. The first-order chi connectivity index (χ1) is 8.35. The third kappa shape index (κ3) is 3.05. The van der Waals surface area contributed by atoms with Gasteiger partial charge in [-0.1, -0.05) is 6.07 Å². The number of pyridine rings is 1. The SMILES string of the molecule is NCc1ccc(CN(CC2CC2)C2CC2)nc1. The highest BCUT2D eigenvalue weighted by atomic mass is 15.2. The predicted octanol–water partition coefficient (Wildman–Crippen LogP) is 1.91. The summed E-state index contributed by atoms with van der Waals surface area (Å²) in [6.07, 6.45) is 7.55. The molecule has 2 aliphatic carbocycles. The quantitative estimate of drug-likeness (QED) is 0.813. The van der Waals surface area contributed by atoms with Gasteiger partial charge in [0.05, 0.1) is 5.69 Å². The van der Waals surface area contributed by atoms with Gasteiger partial charge in [0.15, 0.2) is 0 Å². The standard InChI is InChI=1S/C14H21N3/c15-7-12-3-4-13(16-8-12)10-17(14-5-6-14)9-11-1-2-11/h3-4,8,11,14H,1-2,5-7,9-10,15H2. The van der Waals surface area contributed by atoms with E-state index in [4.69, 9.17) is 5.73 Å². The maximum atomic E-state index is 5.58. The number of hydrogen-bond donors (Lipinski definition) is 1. The molecule has 3 heteroatoms. The van der Waals surface area contributed by atoms with Crippen molar-refractivity contribution in [2.75, 3.05) is 6.54 Å². The zero-order valence-corrected chi connectivity index (χ0v) is 10.3. The lowest BCUT2D eigenvalue weighted by molar-refractivity contribution is 0.241. The molecule has 2 saturated carbocycles. The minimum absolute atomic E-state index is 0.585. The summed E-state index contributed by atoms with van der Waals surface area (Å²) in [6.45, 7) is 2.89. The van der Waals surface area contributed by atoms with Gasteiger partial charge in [-0.25, -0.2) is 0 Å². The first-order valence-electron chi connectivity index (χ1n) is 6.73. The zero-order valence-electron chi connectivity index (χ0n) is 10.3. The molecule has 0 spiro atoms. The van der Waals surface area contributed by atoms with Gasteiger partial charge in [0.25, 0.3) is 0 Å². The minimum atomic E-state index is 0.585. The lowest BCUT2D eigenvalue weighted by Crippen LogP contribution is -2.28. The smallest absolute Gasteiger partial charge is 0.0544 e. The highest BCUT2D eigenvalue weighted by molar-refractivity contribution is 5.14. The topological polar surface area (TPSA) is 42.1 Å². The van der Waals surface area contributed by atoms with E-state index in [1.165, 1.54) is 37.9 Å². The molecule has 0 aromatic carbocycles. The van der Waals surface area contributed by atoms with E-state index >= 15 is 0 Å². The average Bonchev–Trinajstić information content (AvgIpc) is 3.22. The van der Waals surface area contributed by atoms with E-state index in [0.717, 1.165) is 24.1 Å². The first-order valence-corrected chi connectivity index (χ1v) is 6.73. The van der Waals surface area contributed by atoms with Crippen molar-refractivity contribution in [2.24, 2.45) is 11.7 Å². The second kappa shape index (κ2) is 4.75. The predicted molar refractivity (Wildman–Crippen MR) is 68.3 cm³/mol. The fraction of sp³-hybridized carbons (Fsp3) is 0.643. The summed E-state index contributed by atoms with van der Waals surface area (Å²) in [5.41, 5.74) is 7.89. The highest BCUT2D eigenvalue weighted by Gasteiger charge is 2.33. The second-order valence-corrected chi connectivity index (χ2v) is 5.47. The van der Waals surface area contributed by atoms with Crippen molar-refractivity contribution in [2.45, 2.75) is 44.8 Å². The monoisotopic (exact) mass is 231 g/mol. The Hall–Kier alpha value is -0.930. The van der Waals surface area contributed by atoms with Crippen LogP contribution in [0.5, 0.6) is 0 Å². The number of nitrogens with two attached hydrogens (primary N) is 1. The molecule has 3 nitrogen and oxygen atoms in total. The van der Waals surface area contributed by atoms with Crippen LogP contribution in [0.4, 0.5) is 0 Å². The Bertz CT molecular complexity index is 366. The van der Waals surface area contributed by atoms with Crippen molar-refractivity contribution in [1.29, 1.82) is 0 Å². The molecule has 0 unspecified atom stereocenters. The van der Waals surface area contributed by atoms with Crippen molar-refractivity contribution in [3.8, 4) is 0 Å². The molecule has 17 heavy (non-hydrogen) atoms. The molecule has 2 N–H and O–H groups in total. The van der Waals surface area contributed by atoms with Crippen LogP contribution in [0.25, 0.3) is 0 Å². The summed E-state index contributed by atoms with van der Waals surface area (Å²) in [7, 11) is 0. The molecule has 1 aromatic heterocycles. The summed E-state index contributed by atoms with van der Waals surface area (Å²) in [6, 6.07) is 5.07. The summed E-state index contributed by atoms with van der Waals surface area (Å²) in [5.74, 6) is 0.971. The Kier molecular flexibility index (Phi) is 3.12. The molecule has 3 rings (SSSR count). The second-order valence-electron chi connectivity index (χ2n) is 5.47. The maximum Gasteiger partial charge on any atom is 0.0544 e. The Balaban J connectivity index is 1.61. The van der Waals surface area contributed by atoms with Gasteiger partial charge in [0.2, 0.25) is 0 Å². The molecule has 0 bridgehead atoms. The van der Waals surface area contributed by atoms with E-state index in [1.807, 2.05) is 6.20 Å². The van der Waals surface area contributed by atoms with Crippen LogP contribution < -0.4 is 5.73 Å². The molecule has 2 aliphatic rings. The zero-order chi connectivity index (χ0) is 11.7. The number of aromatic nitrogens is 1. The Labute approximate surface area is 103 Å². The van der Waals surface area contributed by atoms with Crippen LogP contribution in [0.1, 0.15) is 36.9 Å². The normalized spacial score (nSPS) is 19.9. The van der Waals surface area contributed by atoms with Crippen LogP contribution in [0.15, 0.2) is 18.3 Å². The highest BCUT2D eigenvalue weighted by Crippen LogP contribution is 2.35. The van der Waals surface area contributed by atoms with Gasteiger partial charge in [-0.2, -0.15) is 0 Å². The lowest BCUT2D eigenvalue weighted by Gasteiger charge is -2.21. The number of nitrogens with zero attached hydrogens (tertiary/aromatic N) is 2. The lowest BCUT2D eigenvalue weighted by atomic mass is 10.2. The molecular formula is C14H21N3. The molecule has 1 heterocycles. The third-order valence-electron chi connectivity index (χ3n) is 3.74. The van der Waals surface area contributed by atoms with Gasteiger partial charge >= 0.3 is 0 Å². The van der Waals surface area contributed by atoms with Gasteiger partial charge in [-0.05, 0) is 43.2 Å². The molecule has 2 fully saturated rings. The molecule has 92 valence electrons. The fourth-order valence-corrected chi connectivity index (χ4v) is 2.29. The molecular weight excluding hydrogens is 210 g/mol. The van der Waals surface area contributed by atoms with Crippen LogP contribution in [0, 0.1) is 5.92 Å². The van der Waals surface area contributed by atoms with Crippen molar-refractivity contribution >= 4 is 0 Å². The Morgan fingerprint density at radius 1 is 1.24 bits per heavy atom. The molecule has 1 aromatic rings. The van der Waals surface area contributed by atoms with Crippen LogP contribution >= 0.6 is 0 Å². The van der Waals surface area contributed by atoms with Gasteiger partial charge in [-0.15, -0.1) is 0 Å². The molecule has 0 aliphatic heterocycles. The van der Waals surface area contributed by atoms with Crippen molar-refractivity contribution in [3.05, 3.63) is 29.6 Å². The van der Waals surface area contributed by atoms with E-state index in [0.29, 0.717) is 6.54 Å². The summed E-state index contributed by atoms with van der Waals surface area (Å²) >= 11 is 0. The summed E-state index contributed by atoms with van der Waals surface area (Å²) in [5, 5.41) is 0. The van der Waals surface area contributed by atoms with Gasteiger partial charge in [0, 0.05) is 31.9 Å². The van der Waals surface area contributed by atoms with E-state index in [9.17, 15) is 0 Å². The van der Waals surface area contributed by atoms with Crippen molar-refractivity contribution in [3.63, 3.8) is 0 Å². The van der Waals surface area contributed by atoms with E-state index in [2.05, 4.69) is 22.0 Å². The van der Waals surface area contributed by atoms with E-state index in [1.54, 1.807) is 0 Å². The summed E-state index contributed by atoms with van der Waals surface area (Å²) < 4.78 is 0. The van der Waals surface area contributed by atoms with Crippen LogP contribution in [-0.2, 0) is 13.1 Å². The fourth-order valence-electron chi connectivity index (χ4n) is 2.29. The largest absolute Gasteiger partial charge is 0.326 e. The van der Waals surface area contributed by atoms with Crippen molar-refractivity contribution in [1.82, 2.24) is 9.88 Å². The van der Waals surface area contributed by atoms with E-state index in [-0.39, 0.29) is 0 Å². The Morgan fingerprint density at radius 2 is 2.06 bits per heavy atom. The molecule has 0 amide bonds. The maximum absolute atomic E-state index is 5.58. The van der Waals surface area contributed by atoms with Crippen LogP contribution in [0.3, 0.4) is 0 Å². The average molecular weight is 231 g/mol. The first kappa shape index (κ1) is 11.2. The minimum Gasteiger partial charge on any atom is -0.326 e. The third-order valence-corrected chi connectivity index (χ3v) is 3.74. The number of rotatable bonds is 6. The van der Waals surface area contributed by atoms with Gasteiger partial charge in [0.1, 0.15) is 0 Å². The van der Waals surface area contributed by atoms with Gasteiger partial charge in [-0.3, -0.25) is 9.88 Å². The van der Waals surface area contributed by atoms with E-state index < -0.39 is 0 Å². The van der Waals surface area contributed by atoms with Crippen LogP contribution in [0.2, 0.25) is 0 Å². The van der Waals surface area contributed by atoms with Crippen molar-refractivity contribution < 1.29 is 0 Å². The molecule has 0 atom stereocenters. The van der Waals surface area contributed by atoms with Crippen LogP contribution in [-0.4, -0.2) is 22.5 Å². The molecule has 0 radical (unpaired) electrons. The van der Waals surface area contributed by atoms with Gasteiger partial charge < -0.3 is 5.73 Å². The Morgan fingerprint density at radius 3 is 2.59 bits per heavy atom. The number of hydrogen-bond acceptors (Lipinski definition) is 3. The molecule has 0 saturated heterocycles.